The van der Waals surface area contributed by atoms with E-state index in [0.29, 0.717) is 25.2 Å². The van der Waals surface area contributed by atoms with Crippen molar-refractivity contribution in [3.63, 3.8) is 0 Å². The van der Waals surface area contributed by atoms with Gasteiger partial charge in [-0.05, 0) is 63.4 Å². The molecule has 2 aromatic carbocycles. The number of halogens is 1. The number of fused-ring (bicyclic) bond motifs is 1. The molecule has 11 nitrogen and oxygen atoms in total. The molecule has 13 heteroatoms. The van der Waals surface area contributed by atoms with E-state index in [9.17, 15) is 22.8 Å². The topological polar surface area (TPSA) is 126 Å². The highest BCUT2D eigenvalue weighted by atomic mass is 35.5. The van der Waals surface area contributed by atoms with Gasteiger partial charge in [-0.1, -0.05) is 43.7 Å². The van der Waals surface area contributed by atoms with Crippen LogP contribution in [0.4, 0.5) is 16.2 Å². The number of carbonyl (C=O) groups excluding carboxylic acids is 3. The summed E-state index contributed by atoms with van der Waals surface area (Å²) in [7, 11) is -3.30. The molecule has 1 saturated carbocycles. The number of sulfonamides is 1. The minimum Gasteiger partial charge on any atom is -0.495 e. The van der Waals surface area contributed by atoms with Crippen molar-refractivity contribution in [3.05, 3.63) is 47.0 Å². The van der Waals surface area contributed by atoms with Crippen LogP contribution in [-0.2, 0) is 30.0 Å². The molecule has 2 aliphatic rings. The van der Waals surface area contributed by atoms with Crippen LogP contribution in [0, 0.1) is 5.92 Å². The number of ether oxygens (including phenoxy) is 1. The summed E-state index contributed by atoms with van der Waals surface area (Å²) in [5, 5.41) is 3.99. The summed E-state index contributed by atoms with van der Waals surface area (Å²) in [5.41, 5.74) is -1.07. The van der Waals surface area contributed by atoms with Gasteiger partial charge in [0.15, 0.2) is 5.54 Å². The third kappa shape index (κ3) is 6.05. The minimum absolute atomic E-state index is 0.0540. The predicted octanol–water partition coefficient (Wildman–Crippen LogP) is 5.53. The number of hydrogen-bond acceptors (Lipinski definition) is 7. The lowest BCUT2D eigenvalue weighted by Crippen LogP contribution is -2.54. The number of nitrogens with zero attached hydrogens (tertiary/aromatic N) is 3. The number of carbonyl (C=O) groups is 3. The zero-order chi connectivity index (χ0) is 31.4. The molecule has 1 aliphatic heterocycles. The van der Waals surface area contributed by atoms with Crippen LogP contribution >= 0.6 is 11.6 Å². The largest absolute Gasteiger partial charge is 0.495 e. The van der Waals surface area contributed by atoms with Gasteiger partial charge < -0.3 is 15.0 Å². The third-order valence-corrected chi connectivity index (χ3v) is 10.2. The molecule has 1 heterocycles. The van der Waals surface area contributed by atoms with Crippen molar-refractivity contribution in [2.24, 2.45) is 5.92 Å². The molecule has 0 aromatic heterocycles. The van der Waals surface area contributed by atoms with Crippen molar-refractivity contribution in [3.8, 4) is 5.75 Å². The van der Waals surface area contributed by atoms with Crippen molar-refractivity contribution in [2.45, 2.75) is 69.7 Å². The van der Waals surface area contributed by atoms with Crippen LogP contribution < -0.4 is 14.4 Å². The van der Waals surface area contributed by atoms with Gasteiger partial charge in [-0.25, -0.2) is 18.3 Å². The molecule has 1 fully saturated rings. The van der Waals surface area contributed by atoms with E-state index < -0.39 is 21.5 Å². The van der Waals surface area contributed by atoms with Gasteiger partial charge in [0, 0.05) is 35.4 Å². The van der Waals surface area contributed by atoms with Gasteiger partial charge in [0.25, 0.3) is 15.9 Å². The van der Waals surface area contributed by atoms with Crippen LogP contribution in [-0.4, -0.2) is 63.5 Å². The summed E-state index contributed by atoms with van der Waals surface area (Å²) in [6, 6.07) is 8.28. The predicted molar refractivity (Wildman–Crippen MR) is 163 cm³/mol. The van der Waals surface area contributed by atoms with Crippen LogP contribution in [0.25, 0.3) is 0 Å². The zero-order valence-electron chi connectivity index (χ0n) is 25.0. The van der Waals surface area contributed by atoms with Crippen LogP contribution in [0.2, 0.25) is 5.02 Å². The fourth-order valence-electron chi connectivity index (χ4n) is 6.10. The lowest BCUT2D eigenvalue weighted by Gasteiger charge is -2.39. The first-order valence-corrected chi connectivity index (χ1v) is 16.4. The standard InChI is InChI=1S/C30H39ClN4O7S/c1-5-33(6-2)29(38)32-23-14-16-27(26(18-23)41-4)43(39,40)35-25-15-13-22(31)17-24(25)30(28(35)37,34(20-36)42-7-3)19-21-11-9-8-10-12-21/h13-18,20-21H,5-12,19H2,1-4H3,(H,32,38). The number of methoxy groups -OCH3 is 1. The molecule has 4 rings (SSSR count). The number of hydrogen-bond donors (Lipinski definition) is 1. The molecular weight excluding hydrogens is 596 g/mol. The Bertz CT molecular complexity index is 1460. The van der Waals surface area contributed by atoms with Crippen LogP contribution in [0.15, 0.2) is 41.3 Å². The molecule has 0 saturated heterocycles. The number of hydroxylamine groups is 2. The summed E-state index contributed by atoms with van der Waals surface area (Å²) in [5.74, 6) is -0.849. The van der Waals surface area contributed by atoms with Gasteiger partial charge >= 0.3 is 6.03 Å². The molecule has 1 atom stereocenters. The number of nitrogens with one attached hydrogen (secondary N) is 1. The van der Waals surface area contributed by atoms with E-state index in [1.54, 1.807) is 11.8 Å². The lowest BCUT2D eigenvalue weighted by molar-refractivity contribution is -0.213. The molecule has 1 aliphatic carbocycles. The number of benzene rings is 2. The second-order valence-corrected chi connectivity index (χ2v) is 12.8. The Morgan fingerprint density at radius 2 is 1.81 bits per heavy atom. The summed E-state index contributed by atoms with van der Waals surface area (Å²) in [6.45, 7) is 6.45. The fourth-order valence-corrected chi connectivity index (χ4v) is 7.89. The first-order chi connectivity index (χ1) is 20.6. The highest BCUT2D eigenvalue weighted by Crippen LogP contribution is 2.52. The molecule has 1 N–H and O–H groups in total. The van der Waals surface area contributed by atoms with E-state index in [1.165, 1.54) is 43.5 Å². The van der Waals surface area contributed by atoms with Gasteiger partial charge in [-0.2, -0.15) is 4.31 Å². The monoisotopic (exact) mass is 634 g/mol. The second kappa shape index (κ2) is 13.5. The Balaban J connectivity index is 1.84. The normalized spacial score (nSPS) is 18.7. The van der Waals surface area contributed by atoms with E-state index in [4.69, 9.17) is 21.2 Å². The van der Waals surface area contributed by atoms with E-state index in [-0.39, 0.29) is 51.9 Å². The van der Waals surface area contributed by atoms with Gasteiger partial charge in [0.1, 0.15) is 10.6 Å². The maximum Gasteiger partial charge on any atom is 0.321 e. The molecule has 2 aromatic rings. The van der Waals surface area contributed by atoms with Crippen LogP contribution in [0.5, 0.6) is 5.75 Å². The van der Waals surface area contributed by atoms with Crippen molar-refractivity contribution in [1.29, 1.82) is 0 Å². The summed E-state index contributed by atoms with van der Waals surface area (Å²) >= 11 is 6.41. The maximum absolute atomic E-state index is 14.6. The molecule has 234 valence electrons. The Morgan fingerprint density at radius 3 is 2.42 bits per heavy atom. The Hall–Kier alpha value is -3.35. The number of urea groups is 1. The van der Waals surface area contributed by atoms with Crippen LogP contribution in [0.3, 0.4) is 0 Å². The van der Waals surface area contributed by atoms with Gasteiger partial charge in [0.05, 0.1) is 19.4 Å². The SMILES string of the molecule is CCON(C=O)C1(CC2CCCCC2)C(=O)N(S(=O)(=O)c2ccc(NC(=O)N(CC)CC)cc2OC)c2ccc(Cl)cc21. The molecule has 43 heavy (non-hydrogen) atoms. The number of rotatable bonds is 12. The average Bonchev–Trinajstić information content (AvgIpc) is 3.24. The van der Waals surface area contributed by atoms with E-state index in [1.807, 2.05) is 13.8 Å². The molecule has 1 unspecified atom stereocenters. The van der Waals surface area contributed by atoms with Gasteiger partial charge in [0.2, 0.25) is 6.41 Å². The van der Waals surface area contributed by atoms with Gasteiger partial charge in [-0.15, -0.1) is 0 Å². The maximum atomic E-state index is 14.6. The first kappa shape index (κ1) is 32.6. The molecule has 0 bridgehead atoms. The minimum atomic E-state index is -4.60. The van der Waals surface area contributed by atoms with E-state index in [0.717, 1.165) is 41.5 Å². The molecule has 0 spiro atoms. The summed E-state index contributed by atoms with van der Waals surface area (Å²) < 4.78 is 35.0. The van der Waals surface area contributed by atoms with Crippen molar-refractivity contribution in [2.75, 3.05) is 36.4 Å². The fraction of sp³-hybridized carbons (Fsp3) is 0.500. The molecular formula is C30H39ClN4O7S. The Kier molecular flexibility index (Phi) is 10.2. The highest BCUT2D eigenvalue weighted by molar-refractivity contribution is 7.93. The smallest absolute Gasteiger partial charge is 0.321 e. The molecule has 0 radical (unpaired) electrons. The van der Waals surface area contributed by atoms with E-state index in [2.05, 4.69) is 5.32 Å². The van der Waals surface area contributed by atoms with Crippen molar-refractivity contribution >= 4 is 51.3 Å². The first-order valence-electron chi connectivity index (χ1n) is 14.6. The van der Waals surface area contributed by atoms with Crippen molar-refractivity contribution < 1.29 is 32.4 Å². The Morgan fingerprint density at radius 1 is 1.12 bits per heavy atom. The highest BCUT2D eigenvalue weighted by Gasteiger charge is 2.60. The van der Waals surface area contributed by atoms with E-state index >= 15 is 0 Å². The van der Waals surface area contributed by atoms with Crippen LogP contribution in [0.1, 0.15) is 64.9 Å². The summed E-state index contributed by atoms with van der Waals surface area (Å²) in [4.78, 5) is 46.7. The zero-order valence-corrected chi connectivity index (χ0v) is 26.5. The average molecular weight is 635 g/mol. The van der Waals surface area contributed by atoms with Crippen molar-refractivity contribution in [1.82, 2.24) is 9.96 Å². The quantitative estimate of drug-likeness (QED) is 0.240. The molecule has 4 amide bonds. The number of amides is 4. The summed E-state index contributed by atoms with van der Waals surface area (Å²) in [6.07, 6.45) is 5.31. The number of anilines is 2. The second-order valence-electron chi connectivity index (χ2n) is 10.6. The van der Waals surface area contributed by atoms with Gasteiger partial charge in [-0.3, -0.25) is 14.4 Å². The lowest BCUT2D eigenvalue weighted by atomic mass is 9.76. The Labute approximate surface area is 258 Å². The third-order valence-electron chi connectivity index (χ3n) is 8.19.